The van der Waals surface area contributed by atoms with Crippen molar-refractivity contribution in [2.24, 2.45) is 5.92 Å². The summed E-state index contributed by atoms with van der Waals surface area (Å²) < 4.78 is 42.9. The maximum Gasteiger partial charge on any atom is 0.306 e. The molecule has 1 aliphatic heterocycles. The number of rotatable bonds is 5. The first-order chi connectivity index (χ1) is 9.32. The maximum atomic E-state index is 14.0. The zero-order valence-electron chi connectivity index (χ0n) is 10.9. The van der Waals surface area contributed by atoms with Crippen molar-refractivity contribution < 1.29 is 27.4 Å². The Morgan fingerprint density at radius 3 is 2.60 bits per heavy atom. The third-order valence-corrected chi connectivity index (χ3v) is 5.41. The molecule has 1 heterocycles. The number of ether oxygens (including phenoxy) is 1. The summed E-state index contributed by atoms with van der Waals surface area (Å²) >= 11 is 0. The van der Waals surface area contributed by atoms with E-state index in [2.05, 4.69) is 0 Å². The maximum absolute atomic E-state index is 14.0. The molecule has 1 unspecified atom stereocenters. The van der Waals surface area contributed by atoms with Crippen molar-refractivity contribution in [3.05, 3.63) is 29.6 Å². The van der Waals surface area contributed by atoms with E-state index in [0.29, 0.717) is 5.56 Å². The first-order valence-corrected chi connectivity index (χ1v) is 7.70. The van der Waals surface area contributed by atoms with E-state index >= 15 is 0 Å². The van der Waals surface area contributed by atoms with Crippen LogP contribution >= 0.6 is 0 Å². The van der Waals surface area contributed by atoms with Crippen molar-refractivity contribution in [1.29, 1.82) is 0 Å². The first-order valence-electron chi connectivity index (χ1n) is 6.15. The van der Waals surface area contributed by atoms with Gasteiger partial charge in [-0.2, -0.15) is 0 Å². The Labute approximate surface area is 116 Å². The van der Waals surface area contributed by atoms with Gasteiger partial charge in [-0.1, -0.05) is 13.0 Å². The molecule has 2 rings (SSSR count). The molecule has 20 heavy (non-hydrogen) atoms. The molecular formula is C13H15FO5S. The topological polar surface area (TPSA) is 80.7 Å². The van der Waals surface area contributed by atoms with Crippen LogP contribution in [0.15, 0.2) is 23.1 Å². The Morgan fingerprint density at radius 1 is 1.50 bits per heavy atom. The molecule has 1 aromatic rings. The molecule has 7 heteroatoms. The fourth-order valence-corrected chi connectivity index (χ4v) is 3.41. The molecule has 0 radical (unpaired) electrons. The van der Waals surface area contributed by atoms with Gasteiger partial charge in [0.15, 0.2) is 9.84 Å². The molecule has 0 saturated carbocycles. The number of benzene rings is 1. The second-order valence-corrected chi connectivity index (χ2v) is 7.11. The van der Waals surface area contributed by atoms with E-state index in [1.54, 1.807) is 0 Å². The van der Waals surface area contributed by atoms with E-state index in [-0.39, 0.29) is 24.5 Å². The average Bonchev–Trinajstić information content (AvgIpc) is 2.25. The summed E-state index contributed by atoms with van der Waals surface area (Å²) in [6.45, 7) is 1.68. The van der Waals surface area contributed by atoms with Gasteiger partial charge in [0.1, 0.15) is 16.0 Å². The van der Waals surface area contributed by atoms with Crippen LogP contribution in [0.2, 0.25) is 0 Å². The summed E-state index contributed by atoms with van der Waals surface area (Å²) in [5.74, 6) is -2.47. The highest BCUT2D eigenvalue weighted by molar-refractivity contribution is 7.92. The number of carbonyl (C=O) groups is 1. The third-order valence-electron chi connectivity index (χ3n) is 3.31. The van der Waals surface area contributed by atoms with Crippen LogP contribution in [0.25, 0.3) is 0 Å². The van der Waals surface area contributed by atoms with Crippen molar-refractivity contribution in [1.82, 2.24) is 0 Å². The van der Waals surface area contributed by atoms with E-state index in [1.165, 1.54) is 19.1 Å². The second-order valence-electron chi connectivity index (χ2n) is 4.91. The third kappa shape index (κ3) is 2.83. The average molecular weight is 302 g/mol. The molecule has 1 atom stereocenters. The molecule has 1 fully saturated rings. The Hall–Kier alpha value is -1.47. The Bertz CT molecular complexity index is 622. The predicted octanol–water partition coefficient (Wildman–Crippen LogP) is 1.26. The van der Waals surface area contributed by atoms with Gasteiger partial charge in [-0.3, -0.25) is 4.79 Å². The number of carboxylic acid groups (broad SMARTS) is 1. The minimum absolute atomic E-state index is 0.0829. The number of carboxylic acids is 1. The molecule has 0 amide bonds. The normalized spacial score (nSPS) is 17.5. The lowest BCUT2D eigenvalue weighted by Crippen LogP contribution is -2.40. The lowest BCUT2D eigenvalue weighted by atomic mass is 10.0. The van der Waals surface area contributed by atoms with Crippen molar-refractivity contribution in [3.8, 4) is 0 Å². The molecule has 1 aromatic carbocycles. The monoisotopic (exact) mass is 302 g/mol. The molecule has 0 aromatic heterocycles. The standard InChI is InChI=1S/C13H15FO5S/c1-8(13(15)16)4-9-2-3-12(11(14)5-9)20(17,18)10-6-19-7-10/h2-3,5,8,10H,4,6-7H2,1H3,(H,15,16). The van der Waals surface area contributed by atoms with Crippen LogP contribution in [-0.2, 0) is 25.8 Å². The van der Waals surface area contributed by atoms with Gasteiger partial charge in [-0.05, 0) is 24.1 Å². The number of aliphatic carboxylic acids is 1. The molecule has 0 aliphatic carbocycles. The lowest BCUT2D eigenvalue weighted by Gasteiger charge is -2.25. The quantitative estimate of drug-likeness (QED) is 0.885. The van der Waals surface area contributed by atoms with Gasteiger partial charge in [-0.25, -0.2) is 12.8 Å². The summed E-state index contributed by atoms with van der Waals surface area (Å²) in [5, 5.41) is 8.11. The highest BCUT2D eigenvalue weighted by Gasteiger charge is 2.35. The number of hydrogen-bond donors (Lipinski definition) is 1. The van der Waals surface area contributed by atoms with E-state index in [9.17, 15) is 17.6 Å². The van der Waals surface area contributed by atoms with E-state index in [4.69, 9.17) is 9.84 Å². The highest BCUT2D eigenvalue weighted by Crippen LogP contribution is 2.25. The summed E-state index contributed by atoms with van der Waals surface area (Å²) in [4.78, 5) is 10.4. The van der Waals surface area contributed by atoms with Crippen molar-refractivity contribution in [2.75, 3.05) is 13.2 Å². The van der Waals surface area contributed by atoms with Crippen LogP contribution in [0.3, 0.4) is 0 Å². The molecule has 5 nitrogen and oxygen atoms in total. The molecule has 110 valence electrons. The first kappa shape index (κ1) is 14.9. The van der Waals surface area contributed by atoms with E-state index in [1.807, 2.05) is 0 Å². The molecule has 0 spiro atoms. The Morgan fingerprint density at radius 2 is 2.15 bits per heavy atom. The lowest BCUT2D eigenvalue weighted by molar-refractivity contribution is -0.141. The zero-order valence-corrected chi connectivity index (χ0v) is 11.7. The molecule has 1 aliphatic rings. The minimum Gasteiger partial charge on any atom is -0.481 e. The zero-order chi connectivity index (χ0) is 14.9. The van der Waals surface area contributed by atoms with E-state index < -0.39 is 32.8 Å². The number of sulfone groups is 1. The van der Waals surface area contributed by atoms with Crippen molar-refractivity contribution >= 4 is 15.8 Å². The van der Waals surface area contributed by atoms with Crippen LogP contribution in [0.4, 0.5) is 4.39 Å². The summed E-state index contributed by atoms with van der Waals surface area (Å²) in [6, 6.07) is 3.74. The summed E-state index contributed by atoms with van der Waals surface area (Å²) in [5.41, 5.74) is 0.459. The van der Waals surface area contributed by atoms with Gasteiger partial charge in [0.2, 0.25) is 0 Å². The number of hydrogen-bond acceptors (Lipinski definition) is 4. The highest BCUT2D eigenvalue weighted by atomic mass is 32.2. The van der Waals surface area contributed by atoms with Gasteiger partial charge < -0.3 is 9.84 Å². The van der Waals surface area contributed by atoms with Gasteiger partial charge in [0.25, 0.3) is 0 Å². The number of halogens is 1. The fourth-order valence-electron chi connectivity index (χ4n) is 1.92. The van der Waals surface area contributed by atoms with Crippen LogP contribution in [-0.4, -0.2) is 38.0 Å². The smallest absolute Gasteiger partial charge is 0.306 e. The van der Waals surface area contributed by atoms with Crippen LogP contribution < -0.4 is 0 Å². The Kier molecular flexibility index (Phi) is 4.10. The molecular weight excluding hydrogens is 287 g/mol. The summed E-state index contributed by atoms with van der Waals surface area (Å²) in [6.07, 6.45) is 0.152. The van der Waals surface area contributed by atoms with Gasteiger partial charge in [0.05, 0.1) is 19.1 Å². The fraction of sp³-hybridized carbons (Fsp3) is 0.462. The van der Waals surface area contributed by atoms with Crippen LogP contribution in [0, 0.1) is 11.7 Å². The van der Waals surface area contributed by atoms with E-state index in [0.717, 1.165) is 6.07 Å². The largest absolute Gasteiger partial charge is 0.481 e. The van der Waals surface area contributed by atoms with Gasteiger partial charge >= 0.3 is 5.97 Å². The van der Waals surface area contributed by atoms with Gasteiger partial charge in [0, 0.05) is 0 Å². The predicted molar refractivity (Wildman–Crippen MR) is 68.7 cm³/mol. The molecule has 0 bridgehead atoms. The van der Waals surface area contributed by atoms with Crippen molar-refractivity contribution in [2.45, 2.75) is 23.5 Å². The second kappa shape index (κ2) is 5.49. The Balaban J connectivity index is 2.24. The SMILES string of the molecule is CC(Cc1ccc(S(=O)(=O)C2COC2)c(F)c1)C(=O)O. The summed E-state index contributed by atoms with van der Waals surface area (Å²) in [7, 11) is -3.71. The molecule has 1 saturated heterocycles. The van der Waals surface area contributed by atoms with Crippen molar-refractivity contribution in [3.63, 3.8) is 0 Å². The van der Waals surface area contributed by atoms with Gasteiger partial charge in [-0.15, -0.1) is 0 Å². The van der Waals surface area contributed by atoms with Crippen LogP contribution in [0.1, 0.15) is 12.5 Å². The van der Waals surface area contributed by atoms with Crippen LogP contribution in [0.5, 0.6) is 0 Å². The molecule has 1 N–H and O–H groups in total. The minimum atomic E-state index is -3.71.